The van der Waals surface area contributed by atoms with Crippen molar-refractivity contribution in [2.75, 3.05) is 13.2 Å². The molecule has 0 fully saturated rings. The minimum absolute atomic E-state index is 0.0614. The molecule has 0 rings (SSSR count). The number of carbonyl (C=O) groups excluding carboxylic acids is 2. The quantitative estimate of drug-likeness (QED) is 0.0373. The highest BCUT2D eigenvalue weighted by molar-refractivity contribution is 5.70. The lowest BCUT2D eigenvalue weighted by Gasteiger charge is -2.15. The van der Waals surface area contributed by atoms with Gasteiger partial charge in [-0.05, 0) is 51.4 Å². The number of esters is 2. The number of allylic oxidation sites excluding steroid dienone is 6. The molecule has 0 amide bonds. The van der Waals surface area contributed by atoms with Gasteiger partial charge in [-0.1, -0.05) is 359 Å². The van der Waals surface area contributed by atoms with E-state index < -0.39 is 6.10 Å². The lowest BCUT2D eigenvalue weighted by atomic mass is 10.0. The van der Waals surface area contributed by atoms with E-state index in [0.29, 0.717) is 12.8 Å². The molecule has 76 heavy (non-hydrogen) atoms. The van der Waals surface area contributed by atoms with Gasteiger partial charge < -0.3 is 14.6 Å². The number of aliphatic hydroxyl groups is 1. The molecule has 0 bridgehead atoms. The number of unbranched alkanes of at least 4 members (excludes halogenated alkanes) is 51. The summed E-state index contributed by atoms with van der Waals surface area (Å²) in [5.41, 5.74) is 0. The maximum atomic E-state index is 12.3. The Morgan fingerprint density at radius 3 is 0.789 bits per heavy atom. The average Bonchev–Trinajstić information content (AvgIpc) is 3.42. The molecule has 0 aliphatic heterocycles. The van der Waals surface area contributed by atoms with E-state index in [9.17, 15) is 14.7 Å². The lowest BCUT2D eigenvalue weighted by molar-refractivity contribution is -0.161. The Bertz CT molecular complexity index is 1210. The summed E-state index contributed by atoms with van der Waals surface area (Å²) in [7, 11) is 0. The highest BCUT2D eigenvalue weighted by Gasteiger charge is 2.16. The van der Waals surface area contributed by atoms with E-state index >= 15 is 0 Å². The van der Waals surface area contributed by atoms with Gasteiger partial charge in [-0.15, -0.1) is 0 Å². The molecule has 1 N–H and O–H groups in total. The predicted octanol–water partition coefficient (Wildman–Crippen LogP) is 23.8. The Morgan fingerprint density at radius 2 is 0.526 bits per heavy atom. The fourth-order valence-corrected chi connectivity index (χ4v) is 10.7. The second-order valence-corrected chi connectivity index (χ2v) is 23.6. The van der Waals surface area contributed by atoms with Gasteiger partial charge in [-0.3, -0.25) is 9.59 Å². The summed E-state index contributed by atoms with van der Waals surface area (Å²) in [5, 5.41) is 9.69. The van der Waals surface area contributed by atoms with E-state index in [1.807, 2.05) is 0 Å². The Kier molecular flexibility index (Phi) is 65.7. The van der Waals surface area contributed by atoms with Crippen LogP contribution in [-0.4, -0.2) is 36.4 Å². The molecule has 448 valence electrons. The Hall–Kier alpha value is -1.88. The number of hydrogen-bond donors (Lipinski definition) is 1. The maximum Gasteiger partial charge on any atom is 0.306 e. The third kappa shape index (κ3) is 64.6. The first-order chi connectivity index (χ1) is 37.6. The van der Waals surface area contributed by atoms with Crippen molar-refractivity contribution < 1.29 is 24.2 Å². The summed E-state index contributed by atoms with van der Waals surface area (Å²) < 4.78 is 10.8. The Balaban J connectivity index is 3.39. The van der Waals surface area contributed by atoms with Gasteiger partial charge in [0.05, 0.1) is 6.61 Å². The maximum absolute atomic E-state index is 12.3. The number of ether oxygens (including phenoxy) is 2. The summed E-state index contributed by atoms with van der Waals surface area (Å²) in [4.78, 5) is 24.6. The van der Waals surface area contributed by atoms with E-state index in [1.54, 1.807) is 0 Å². The molecule has 0 saturated heterocycles. The topological polar surface area (TPSA) is 72.8 Å². The van der Waals surface area contributed by atoms with Crippen molar-refractivity contribution in [3.8, 4) is 0 Å². The van der Waals surface area contributed by atoms with Crippen molar-refractivity contribution in [1.29, 1.82) is 0 Å². The monoisotopic (exact) mass is 1070 g/mol. The fraction of sp³-hybridized carbons (Fsp3) is 0.887. The standard InChI is InChI=1S/C71H134O5/c1-3-5-7-9-11-13-15-17-19-21-23-25-27-29-31-32-33-34-35-36-37-38-40-41-43-45-47-49-51-53-55-57-59-61-63-65-70(73)75-68-69(67-72)76-71(74)66-64-62-60-58-56-54-52-50-48-46-44-42-39-30-28-26-24-22-20-18-16-14-12-10-8-6-4-2/h16,18,22,24,28,30,69,72H,3-15,17,19-21,23,25-27,29,31-68H2,1-2H3/b18-16-,24-22-,30-28-. The SMILES string of the molecule is CCCCCCC/C=C\C/C=C\C/C=C\CCCCCCCCCCCCCCC(=O)OC(CO)COC(=O)CCCCCCCCCCCCCCCCCCCCCCCCCCCCCCCCCCCCC. The minimum Gasteiger partial charge on any atom is -0.462 e. The highest BCUT2D eigenvalue weighted by Crippen LogP contribution is 2.19. The van der Waals surface area contributed by atoms with Gasteiger partial charge in [0.15, 0.2) is 6.10 Å². The molecule has 0 saturated carbocycles. The second kappa shape index (κ2) is 67.4. The van der Waals surface area contributed by atoms with Crippen molar-refractivity contribution in [2.45, 2.75) is 392 Å². The molecule has 0 spiro atoms. The van der Waals surface area contributed by atoms with Crippen LogP contribution in [0.15, 0.2) is 36.5 Å². The van der Waals surface area contributed by atoms with Crippen LogP contribution in [0.2, 0.25) is 0 Å². The summed E-state index contributed by atoms with van der Waals surface area (Å²) >= 11 is 0. The number of hydrogen-bond acceptors (Lipinski definition) is 5. The molecule has 0 radical (unpaired) electrons. The van der Waals surface area contributed by atoms with Crippen LogP contribution in [-0.2, 0) is 19.1 Å². The molecule has 0 aromatic heterocycles. The van der Waals surface area contributed by atoms with Crippen LogP contribution < -0.4 is 0 Å². The van der Waals surface area contributed by atoms with E-state index in [4.69, 9.17) is 9.47 Å². The first-order valence-electron chi connectivity index (χ1n) is 34.5. The predicted molar refractivity (Wildman–Crippen MR) is 334 cm³/mol. The molecule has 1 unspecified atom stereocenters. The molecule has 5 heteroatoms. The van der Waals surface area contributed by atoms with Gasteiger partial charge in [0.1, 0.15) is 6.61 Å². The van der Waals surface area contributed by atoms with Crippen LogP contribution >= 0.6 is 0 Å². The minimum atomic E-state index is -0.772. The normalized spacial score (nSPS) is 12.3. The Labute approximate surface area is 476 Å². The van der Waals surface area contributed by atoms with Crippen LogP contribution in [0.3, 0.4) is 0 Å². The average molecular weight is 1070 g/mol. The van der Waals surface area contributed by atoms with E-state index in [0.717, 1.165) is 44.9 Å². The highest BCUT2D eigenvalue weighted by atomic mass is 16.6. The molecule has 0 aromatic carbocycles. The smallest absolute Gasteiger partial charge is 0.306 e. The summed E-state index contributed by atoms with van der Waals surface area (Å²) in [6.07, 6.45) is 89.0. The number of carbonyl (C=O) groups is 2. The Morgan fingerprint density at radius 1 is 0.303 bits per heavy atom. The molecule has 0 aliphatic carbocycles. The van der Waals surface area contributed by atoms with Crippen molar-refractivity contribution in [3.05, 3.63) is 36.5 Å². The van der Waals surface area contributed by atoms with Crippen LogP contribution in [0.5, 0.6) is 0 Å². The molecule has 0 aromatic rings. The van der Waals surface area contributed by atoms with E-state index in [2.05, 4.69) is 50.3 Å². The van der Waals surface area contributed by atoms with Gasteiger partial charge in [-0.2, -0.15) is 0 Å². The van der Waals surface area contributed by atoms with E-state index in [1.165, 1.54) is 315 Å². The van der Waals surface area contributed by atoms with Crippen LogP contribution in [0, 0.1) is 0 Å². The summed E-state index contributed by atoms with van der Waals surface area (Å²) in [6.45, 7) is 4.19. The van der Waals surface area contributed by atoms with Crippen molar-refractivity contribution in [3.63, 3.8) is 0 Å². The zero-order valence-electron chi connectivity index (χ0n) is 51.5. The van der Waals surface area contributed by atoms with Crippen molar-refractivity contribution >= 4 is 11.9 Å². The van der Waals surface area contributed by atoms with Crippen LogP contribution in [0.25, 0.3) is 0 Å². The van der Waals surface area contributed by atoms with Gasteiger partial charge >= 0.3 is 11.9 Å². The fourth-order valence-electron chi connectivity index (χ4n) is 10.7. The number of aliphatic hydroxyl groups excluding tert-OH is 1. The van der Waals surface area contributed by atoms with Gasteiger partial charge in [0.2, 0.25) is 0 Å². The second-order valence-electron chi connectivity index (χ2n) is 23.6. The van der Waals surface area contributed by atoms with E-state index in [-0.39, 0.29) is 25.2 Å². The van der Waals surface area contributed by atoms with Gasteiger partial charge in [0, 0.05) is 12.8 Å². The van der Waals surface area contributed by atoms with Crippen molar-refractivity contribution in [1.82, 2.24) is 0 Å². The van der Waals surface area contributed by atoms with Crippen molar-refractivity contribution in [2.24, 2.45) is 0 Å². The van der Waals surface area contributed by atoms with Crippen LogP contribution in [0.4, 0.5) is 0 Å². The lowest BCUT2D eigenvalue weighted by Crippen LogP contribution is -2.28. The van der Waals surface area contributed by atoms with Gasteiger partial charge in [-0.25, -0.2) is 0 Å². The summed E-state index contributed by atoms with van der Waals surface area (Å²) in [6, 6.07) is 0. The molecule has 1 atom stereocenters. The first kappa shape index (κ1) is 74.1. The molecular weight excluding hydrogens is 933 g/mol. The molecule has 0 heterocycles. The third-order valence-electron chi connectivity index (χ3n) is 15.9. The summed E-state index contributed by atoms with van der Waals surface area (Å²) in [5.74, 6) is -0.571. The zero-order valence-corrected chi connectivity index (χ0v) is 51.5. The first-order valence-corrected chi connectivity index (χ1v) is 34.5. The van der Waals surface area contributed by atoms with Gasteiger partial charge in [0.25, 0.3) is 0 Å². The number of rotatable bonds is 65. The third-order valence-corrected chi connectivity index (χ3v) is 15.9. The largest absolute Gasteiger partial charge is 0.462 e. The zero-order chi connectivity index (χ0) is 54.8. The molecule has 0 aliphatic rings. The van der Waals surface area contributed by atoms with Crippen LogP contribution in [0.1, 0.15) is 386 Å². The molecule has 5 nitrogen and oxygen atoms in total. The molecular formula is C71H134O5.